The van der Waals surface area contributed by atoms with Gasteiger partial charge in [-0.3, -0.25) is 4.79 Å². The Hall–Kier alpha value is -1.51. The fraction of sp³-hybridized carbons (Fsp3) is 0.500. The van der Waals surface area contributed by atoms with Crippen molar-refractivity contribution in [3.8, 4) is 5.75 Å². The van der Waals surface area contributed by atoms with E-state index in [0.29, 0.717) is 12.5 Å². The molecule has 1 saturated heterocycles. The number of ether oxygens (including phenoxy) is 1. The molecule has 90 valence electrons. The van der Waals surface area contributed by atoms with Crippen LogP contribution in [0.25, 0.3) is 0 Å². The molecule has 2 aliphatic heterocycles. The van der Waals surface area contributed by atoms with Gasteiger partial charge < -0.3 is 9.64 Å². The molecule has 1 aromatic carbocycles. The van der Waals surface area contributed by atoms with Gasteiger partial charge in [0.2, 0.25) is 5.91 Å². The van der Waals surface area contributed by atoms with Crippen LogP contribution < -0.4 is 4.74 Å². The second-order valence-corrected chi connectivity index (χ2v) is 4.76. The van der Waals surface area contributed by atoms with Gasteiger partial charge in [0.05, 0.1) is 12.5 Å². The third-order valence-corrected chi connectivity index (χ3v) is 3.67. The lowest BCUT2D eigenvalue weighted by Crippen LogP contribution is -2.34. The molecule has 0 saturated carbocycles. The summed E-state index contributed by atoms with van der Waals surface area (Å²) >= 11 is 0. The number of amides is 1. The van der Waals surface area contributed by atoms with Crippen LogP contribution in [0.2, 0.25) is 0 Å². The van der Waals surface area contributed by atoms with Crippen LogP contribution >= 0.6 is 0 Å². The predicted molar refractivity (Wildman–Crippen MR) is 65.1 cm³/mol. The Kier molecular flexibility index (Phi) is 2.75. The molecule has 3 rings (SSSR count). The maximum absolute atomic E-state index is 12.4. The average molecular weight is 231 g/mol. The summed E-state index contributed by atoms with van der Waals surface area (Å²) in [6.07, 6.45) is 3.11. The summed E-state index contributed by atoms with van der Waals surface area (Å²) in [5.74, 6) is 1.19. The van der Waals surface area contributed by atoms with Crippen LogP contribution in [0.5, 0.6) is 5.75 Å². The maximum Gasteiger partial charge on any atom is 0.230 e. The van der Waals surface area contributed by atoms with Crippen molar-refractivity contribution in [3.63, 3.8) is 0 Å². The van der Waals surface area contributed by atoms with Crippen molar-refractivity contribution in [1.82, 2.24) is 4.90 Å². The molecule has 3 nitrogen and oxygen atoms in total. The van der Waals surface area contributed by atoms with E-state index < -0.39 is 0 Å². The molecule has 1 aromatic rings. The monoisotopic (exact) mass is 231 g/mol. The first-order chi connectivity index (χ1) is 8.36. The molecular formula is C14H17NO2. The van der Waals surface area contributed by atoms with Crippen molar-refractivity contribution >= 4 is 5.91 Å². The normalized spacial score (nSPS) is 23.1. The number of likely N-dealkylation sites (tertiary alicyclic amines) is 1. The van der Waals surface area contributed by atoms with Crippen molar-refractivity contribution in [1.29, 1.82) is 0 Å². The number of para-hydroxylation sites is 1. The van der Waals surface area contributed by atoms with Gasteiger partial charge in [-0.1, -0.05) is 18.2 Å². The molecule has 0 aliphatic carbocycles. The lowest BCUT2D eigenvalue weighted by molar-refractivity contribution is -0.132. The smallest absolute Gasteiger partial charge is 0.230 e. The molecule has 0 spiro atoms. The minimum absolute atomic E-state index is 0.0121. The van der Waals surface area contributed by atoms with E-state index in [2.05, 4.69) is 0 Å². The third-order valence-electron chi connectivity index (χ3n) is 3.67. The van der Waals surface area contributed by atoms with E-state index in [-0.39, 0.29) is 5.92 Å². The molecule has 0 bridgehead atoms. The van der Waals surface area contributed by atoms with Crippen LogP contribution in [0, 0.1) is 0 Å². The second-order valence-electron chi connectivity index (χ2n) is 4.76. The Bertz CT molecular complexity index is 424. The SMILES string of the molecule is O=C(C1CCOc2ccccc21)N1CCCC1. The molecule has 0 radical (unpaired) electrons. The van der Waals surface area contributed by atoms with Gasteiger partial charge in [0.25, 0.3) is 0 Å². The minimum atomic E-state index is 0.0121. The van der Waals surface area contributed by atoms with Crippen molar-refractivity contribution in [3.05, 3.63) is 29.8 Å². The summed E-state index contributed by atoms with van der Waals surface area (Å²) in [4.78, 5) is 14.4. The average Bonchev–Trinajstić information content (AvgIpc) is 2.91. The lowest BCUT2D eigenvalue weighted by atomic mass is 9.92. The highest BCUT2D eigenvalue weighted by Gasteiger charge is 2.31. The second kappa shape index (κ2) is 4.40. The highest BCUT2D eigenvalue weighted by atomic mass is 16.5. The Morgan fingerprint density at radius 2 is 2.00 bits per heavy atom. The first-order valence-corrected chi connectivity index (χ1v) is 6.37. The summed E-state index contributed by atoms with van der Waals surface area (Å²) in [5, 5.41) is 0. The molecular weight excluding hydrogens is 214 g/mol. The zero-order chi connectivity index (χ0) is 11.7. The van der Waals surface area contributed by atoms with Crippen LogP contribution in [0.3, 0.4) is 0 Å². The molecule has 0 aromatic heterocycles. The van der Waals surface area contributed by atoms with Crippen LogP contribution in [0.4, 0.5) is 0 Å². The molecule has 1 unspecified atom stereocenters. The zero-order valence-corrected chi connectivity index (χ0v) is 9.89. The largest absolute Gasteiger partial charge is 0.493 e. The van der Waals surface area contributed by atoms with Gasteiger partial charge in [-0.25, -0.2) is 0 Å². The van der Waals surface area contributed by atoms with Crippen LogP contribution in [-0.2, 0) is 4.79 Å². The maximum atomic E-state index is 12.4. The molecule has 0 N–H and O–H groups in total. The van der Waals surface area contributed by atoms with E-state index in [1.165, 1.54) is 0 Å². The van der Waals surface area contributed by atoms with Gasteiger partial charge in [0, 0.05) is 18.7 Å². The topological polar surface area (TPSA) is 29.5 Å². The van der Waals surface area contributed by atoms with Crippen molar-refractivity contribution in [2.75, 3.05) is 19.7 Å². The van der Waals surface area contributed by atoms with Crippen LogP contribution in [-0.4, -0.2) is 30.5 Å². The Balaban J connectivity index is 1.86. The Morgan fingerprint density at radius 1 is 1.24 bits per heavy atom. The molecule has 1 fully saturated rings. The van der Waals surface area contributed by atoms with E-state index in [1.807, 2.05) is 29.2 Å². The summed E-state index contributed by atoms with van der Waals surface area (Å²) in [5.41, 5.74) is 1.07. The van der Waals surface area contributed by atoms with Crippen LogP contribution in [0.1, 0.15) is 30.7 Å². The first-order valence-electron chi connectivity index (χ1n) is 6.37. The van der Waals surface area contributed by atoms with Gasteiger partial charge in [-0.2, -0.15) is 0 Å². The van der Waals surface area contributed by atoms with E-state index in [1.54, 1.807) is 0 Å². The third kappa shape index (κ3) is 1.90. The Morgan fingerprint density at radius 3 is 2.82 bits per heavy atom. The fourth-order valence-electron chi connectivity index (χ4n) is 2.76. The van der Waals surface area contributed by atoms with Gasteiger partial charge in [0.15, 0.2) is 0 Å². The van der Waals surface area contributed by atoms with E-state index in [9.17, 15) is 4.79 Å². The number of fused-ring (bicyclic) bond motifs is 1. The summed E-state index contributed by atoms with van der Waals surface area (Å²) in [6, 6.07) is 7.92. The lowest BCUT2D eigenvalue weighted by Gasteiger charge is -2.28. The molecule has 2 aliphatic rings. The first kappa shape index (κ1) is 10.6. The van der Waals surface area contributed by atoms with Crippen molar-refractivity contribution in [2.24, 2.45) is 0 Å². The van der Waals surface area contributed by atoms with Crippen LogP contribution in [0.15, 0.2) is 24.3 Å². The van der Waals surface area contributed by atoms with Gasteiger partial charge in [-0.15, -0.1) is 0 Å². The number of nitrogens with zero attached hydrogens (tertiary/aromatic N) is 1. The molecule has 1 amide bonds. The van der Waals surface area contributed by atoms with Gasteiger partial charge in [0.1, 0.15) is 5.75 Å². The highest BCUT2D eigenvalue weighted by molar-refractivity contribution is 5.85. The number of hydrogen-bond donors (Lipinski definition) is 0. The van der Waals surface area contributed by atoms with Gasteiger partial charge in [-0.05, 0) is 25.3 Å². The number of rotatable bonds is 1. The molecule has 1 atom stereocenters. The highest BCUT2D eigenvalue weighted by Crippen LogP contribution is 2.35. The van der Waals surface area contributed by atoms with E-state index in [4.69, 9.17) is 4.74 Å². The predicted octanol–water partition coefficient (Wildman–Crippen LogP) is 2.18. The number of carbonyl (C=O) groups is 1. The van der Waals surface area contributed by atoms with Gasteiger partial charge >= 0.3 is 0 Å². The molecule has 17 heavy (non-hydrogen) atoms. The number of carbonyl (C=O) groups excluding carboxylic acids is 1. The minimum Gasteiger partial charge on any atom is -0.493 e. The fourth-order valence-corrected chi connectivity index (χ4v) is 2.76. The Labute approximate surface area is 101 Å². The van der Waals surface area contributed by atoms with E-state index >= 15 is 0 Å². The van der Waals surface area contributed by atoms with Crippen molar-refractivity contribution < 1.29 is 9.53 Å². The van der Waals surface area contributed by atoms with E-state index in [0.717, 1.165) is 43.7 Å². The standard InChI is InChI=1S/C14H17NO2/c16-14(15-8-3-4-9-15)12-7-10-17-13-6-2-1-5-11(12)13/h1-2,5-6,12H,3-4,7-10H2. The summed E-state index contributed by atoms with van der Waals surface area (Å²) < 4.78 is 5.60. The number of benzene rings is 1. The number of hydrogen-bond acceptors (Lipinski definition) is 2. The summed E-state index contributed by atoms with van der Waals surface area (Å²) in [7, 11) is 0. The quantitative estimate of drug-likeness (QED) is 0.741. The molecule has 3 heteroatoms. The molecule has 2 heterocycles. The summed E-state index contributed by atoms with van der Waals surface area (Å²) in [6.45, 7) is 2.51. The zero-order valence-electron chi connectivity index (χ0n) is 9.89. The van der Waals surface area contributed by atoms with Crippen molar-refractivity contribution in [2.45, 2.75) is 25.2 Å².